The average molecular weight is 552 g/mol. The standard InChI is InChI=1S/4C5H8O3.Zr/c4*1-4(6)2-3-5(7)8;/h4*2-3H2,1H3,(H,7,8);/q;;;;+4/p-4. The third-order valence-electron chi connectivity index (χ3n) is 2.72. The van der Waals surface area contributed by atoms with Gasteiger partial charge >= 0.3 is 26.2 Å². The van der Waals surface area contributed by atoms with Crippen molar-refractivity contribution < 1.29 is 85.0 Å². The Hall–Kier alpha value is -2.56. The predicted octanol–water partition coefficient (Wildman–Crippen LogP) is -3.58. The van der Waals surface area contributed by atoms with Gasteiger partial charge in [0.15, 0.2) is 0 Å². The van der Waals surface area contributed by atoms with Crippen LogP contribution in [0.25, 0.3) is 0 Å². The van der Waals surface area contributed by atoms with E-state index in [9.17, 15) is 58.8 Å². The van der Waals surface area contributed by atoms with E-state index < -0.39 is 23.9 Å². The van der Waals surface area contributed by atoms with E-state index in [1.807, 2.05) is 0 Å². The Labute approximate surface area is 210 Å². The molecule has 0 radical (unpaired) electrons. The van der Waals surface area contributed by atoms with E-state index in [0.29, 0.717) is 0 Å². The third-order valence-corrected chi connectivity index (χ3v) is 2.72. The topological polar surface area (TPSA) is 229 Å². The summed E-state index contributed by atoms with van der Waals surface area (Å²) in [6.07, 6.45) is -0.287. The Kier molecular flexibility index (Phi) is 33.9. The maximum absolute atomic E-state index is 10.1. The van der Waals surface area contributed by atoms with Crippen molar-refractivity contribution in [1.82, 2.24) is 0 Å². The SMILES string of the molecule is CC(=O)CCC(=O)[O-].CC(=O)CCC(=O)[O-].CC(=O)CCC(=O)[O-].CC(=O)CCC(=O)[O-].[Zr+4]. The molecule has 0 saturated heterocycles. The first-order valence-electron chi connectivity index (χ1n) is 9.28. The second kappa shape index (κ2) is 27.5. The first kappa shape index (κ1) is 40.8. The van der Waals surface area contributed by atoms with Crippen LogP contribution in [0.1, 0.15) is 79.1 Å². The number of aliphatic carboxylic acids is 4. The molecule has 0 fully saturated rings. The number of hydrogen-bond donors (Lipinski definition) is 0. The van der Waals surface area contributed by atoms with E-state index in [4.69, 9.17) is 0 Å². The van der Waals surface area contributed by atoms with E-state index in [0.717, 1.165) is 0 Å². The molecule has 0 atom stereocenters. The van der Waals surface area contributed by atoms with Crippen LogP contribution in [0.15, 0.2) is 0 Å². The van der Waals surface area contributed by atoms with Crippen LogP contribution in [0.2, 0.25) is 0 Å². The van der Waals surface area contributed by atoms with Crippen molar-refractivity contribution in [3.63, 3.8) is 0 Å². The summed E-state index contributed by atoms with van der Waals surface area (Å²) in [4.78, 5) is 78.8. The molecule has 0 aliphatic carbocycles. The van der Waals surface area contributed by atoms with Crippen LogP contribution < -0.4 is 20.4 Å². The van der Waals surface area contributed by atoms with Crippen LogP contribution in [0, 0.1) is 0 Å². The molecule has 0 bridgehead atoms. The van der Waals surface area contributed by atoms with Gasteiger partial charge in [-0.3, -0.25) is 0 Å². The number of ketones is 4. The van der Waals surface area contributed by atoms with Crippen LogP contribution in [-0.2, 0) is 64.6 Å². The number of carboxylic acid groups (broad SMARTS) is 4. The van der Waals surface area contributed by atoms with Gasteiger partial charge in [0.1, 0.15) is 23.1 Å². The number of carbonyl (C=O) groups is 8. The van der Waals surface area contributed by atoms with Crippen LogP contribution >= 0.6 is 0 Å². The van der Waals surface area contributed by atoms with Gasteiger partial charge in [-0.1, -0.05) is 0 Å². The molecule has 0 aromatic carbocycles. The Morgan fingerprint density at radius 3 is 0.515 bits per heavy atom. The van der Waals surface area contributed by atoms with E-state index in [1.54, 1.807) is 0 Å². The van der Waals surface area contributed by atoms with E-state index in [2.05, 4.69) is 0 Å². The summed E-state index contributed by atoms with van der Waals surface area (Å²) in [5.74, 6) is -5.13. The number of carbonyl (C=O) groups excluding carboxylic acids is 8. The Bertz CT molecular complexity index is 487. The van der Waals surface area contributed by atoms with Gasteiger partial charge < -0.3 is 58.8 Å². The molecule has 0 spiro atoms. The fourth-order valence-electron chi connectivity index (χ4n) is 1.11. The molecular weight excluding hydrogens is 523 g/mol. The third kappa shape index (κ3) is 72.9. The molecule has 0 aromatic heterocycles. The molecule has 0 N–H and O–H groups in total. The van der Waals surface area contributed by atoms with Crippen molar-refractivity contribution >= 4 is 47.0 Å². The number of hydrogen-bond acceptors (Lipinski definition) is 12. The minimum Gasteiger partial charge on any atom is -0.550 e. The molecule has 0 amide bonds. The van der Waals surface area contributed by atoms with Gasteiger partial charge in [0, 0.05) is 49.6 Å². The minimum absolute atomic E-state index is 0. The van der Waals surface area contributed by atoms with Gasteiger partial charge in [0.2, 0.25) is 0 Å². The monoisotopic (exact) mass is 550 g/mol. The fourth-order valence-corrected chi connectivity index (χ4v) is 1.11. The first-order valence-corrected chi connectivity index (χ1v) is 9.28. The summed E-state index contributed by atoms with van der Waals surface area (Å²) in [5.41, 5.74) is 0. The fraction of sp³-hybridized carbons (Fsp3) is 0.600. The molecule has 0 aromatic rings. The molecule has 33 heavy (non-hydrogen) atoms. The van der Waals surface area contributed by atoms with Crippen LogP contribution in [0.4, 0.5) is 0 Å². The zero-order valence-electron chi connectivity index (χ0n) is 19.1. The van der Waals surface area contributed by atoms with Crippen molar-refractivity contribution in [2.45, 2.75) is 79.1 Å². The smallest absolute Gasteiger partial charge is 0.550 e. The maximum Gasteiger partial charge on any atom is 4.00 e. The molecular formula is C20H28O12Zr. The molecule has 0 saturated carbocycles. The number of Topliss-reactive ketones (excluding diaryl/α,β-unsaturated/α-hetero) is 4. The van der Waals surface area contributed by atoms with E-state index in [1.165, 1.54) is 27.7 Å². The van der Waals surface area contributed by atoms with Crippen LogP contribution in [0.5, 0.6) is 0 Å². The largest absolute Gasteiger partial charge is 4.00 e. The summed E-state index contributed by atoms with van der Waals surface area (Å²) < 4.78 is 0. The molecule has 0 unspecified atom stereocenters. The molecule has 0 heterocycles. The van der Waals surface area contributed by atoms with Gasteiger partial charge in [-0.2, -0.15) is 0 Å². The predicted molar refractivity (Wildman–Crippen MR) is 99.7 cm³/mol. The first-order chi connectivity index (χ1) is 14.5. The van der Waals surface area contributed by atoms with Gasteiger partial charge in [0.05, 0.1) is 0 Å². The molecule has 13 heteroatoms. The Balaban J connectivity index is -0.000000105. The van der Waals surface area contributed by atoms with Crippen molar-refractivity contribution in [1.29, 1.82) is 0 Å². The summed E-state index contributed by atoms with van der Waals surface area (Å²) in [6, 6.07) is 0. The Morgan fingerprint density at radius 2 is 0.485 bits per heavy atom. The van der Waals surface area contributed by atoms with Gasteiger partial charge in [0.25, 0.3) is 0 Å². The molecule has 0 aliphatic heterocycles. The molecule has 184 valence electrons. The quantitative estimate of drug-likeness (QED) is 0.229. The van der Waals surface area contributed by atoms with Gasteiger partial charge in [-0.15, -0.1) is 0 Å². The van der Waals surface area contributed by atoms with E-state index in [-0.39, 0.29) is 101 Å². The summed E-state index contributed by atoms with van der Waals surface area (Å²) in [7, 11) is 0. The van der Waals surface area contributed by atoms with Gasteiger partial charge in [-0.25, -0.2) is 0 Å². The summed E-state index contributed by atoms with van der Waals surface area (Å²) in [6.45, 7) is 5.40. The zero-order valence-corrected chi connectivity index (χ0v) is 21.5. The van der Waals surface area contributed by atoms with E-state index >= 15 is 0 Å². The average Bonchev–Trinajstić information content (AvgIpc) is 2.63. The minimum atomic E-state index is -1.17. The number of carboxylic acids is 4. The molecule has 0 aliphatic rings. The second-order valence-corrected chi connectivity index (χ2v) is 6.30. The zero-order chi connectivity index (χ0) is 26.3. The van der Waals surface area contributed by atoms with Crippen LogP contribution in [-0.4, -0.2) is 47.0 Å². The summed E-state index contributed by atoms with van der Waals surface area (Å²) in [5, 5.41) is 38.6. The second-order valence-electron chi connectivity index (χ2n) is 6.30. The number of rotatable bonds is 12. The normalized spacial score (nSPS) is 8.36. The summed E-state index contributed by atoms with van der Waals surface area (Å²) >= 11 is 0. The Morgan fingerprint density at radius 1 is 0.364 bits per heavy atom. The van der Waals surface area contributed by atoms with Gasteiger partial charge in [-0.05, 0) is 53.4 Å². The maximum atomic E-state index is 10.1. The molecule has 0 rings (SSSR count). The van der Waals surface area contributed by atoms with Crippen LogP contribution in [0.3, 0.4) is 0 Å². The van der Waals surface area contributed by atoms with Crippen molar-refractivity contribution in [3.05, 3.63) is 0 Å². The van der Waals surface area contributed by atoms with Crippen molar-refractivity contribution in [3.8, 4) is 0 Å². The van der Waals surface area contributed by atoms with Crippen molar-refractivity contribution in [2.24, 2.45) is 0 Å². The van der Waals surface area contributed by atoms with Crippen molar-refractivity contribution in [2.75, 3.05) is 0 Å². The molecule has 12 nitrogen and oxygen atoms in total.